The van der Waals surface area contributed by atoms with Crippen LogP contribution in [0.5, 0.6) is 0 Å². The molecule has 0 aliphatic carbocycles. The molecule has 3 nitrogen and oxygen atoms in total. The summed E-state index contributed by atoms with van der Waals surface area (Å²) in [7, 11) is 0. The molecule has 70 valence electrons. The van der Waals surface area contributed by atoms with Crippen molar-refractivity contribution < 1.29 is 14.3 Å². The van der Waals surface area contributed by atoms with E-state index in [0.717, 1.165) is 0 Å². The van der Waals surface area contributed by atoms with Gasteiger partial charge in [-0.1, -0.05) is 0 Å². The van der Waals surface area contributed by atoms with E-state index in [2.05, 4.69) is 0 Å². The van der Waals surface area contributed by atoms with E-state index in [0.29, 0.717) is 0 Å². The maximum Gasteiger partial charge on any atom is 0.302 e. The molecule has 1 fully saturated rings. The van der Waals surface area contributed by atoms with Crippen molar-refractivity contribution in [3.63, 3.8) is 0 Å². The van der Waals surface area contributed by atoms with Gasteiger partial charge in [-0.3, -0.25) is 4.79 Å². The van der Waals surface area contributed by atoms with Gasteiger partial charge in [0, 0.05) is 6.92 Å². The zero-order valence-corrected chi connectivity index (χ0v) is 8.30. The maximum atomic E-state index is 10.7. The number of epoxide rings is 1. The van der Waals surface area contributed by atoms with Crippen LogP contribution in [0, 0.1) is 0 Å². The highest BCUT2D eigenvalue weighted by Gasteiger charge is 2.64. The summed E-state index contributed by atoms with van der Waals surface area (Å²) < 4.78 is 10.5. The highest BCUT2D eigenvalue weighted by molar-refractivity contribution is 5.66. The Morgan fingerprint density at radius 1 is 1.42 bits per heavy atom. The molecule has 2 atom stereocenters. The molecule has 0 unspecified atom stereocenters. The Kier molecular flexibility index (Phi) is 1.95. The topological polar surface area (TPSA) is 38.8 Å². The van der Waals surface area contributed by atoms with Crippen molar-refractivity contribution in [3.8, 4) is 0 Å². The van der Waals surface area contributed by atoms with Gasteiger partial charge in [-0.05, 0) is 27.7 Å². The molecule has 12 heavy (non-hydrogen) atoms. The van der Waals surface area contributed by atoms with Crippen LogP contribution in [-0.2, 0) is 14.3 Å². The molecule has 0 spiro atoms. The average molecular weight is 172 g/mol. The second-order valence-corrected chi connectivity index (χ2v) is 3.97. The third-order valence-corrected chi connectivity index (χ3v) is 2.74. The molecule has 0 aromatic rings. The summed E-state index contributed by atoms with van der Waals surface area (Å²) in [6.07, 6.45) is -0.176. The molecule has 0 bridgehead atoms. The molecular weight excluding hydrogens is 156 g/mol. The van der Waals surface area contributed by atoms with E-state index < -0.39 is 0 Å². The third kappa shape index (κ3) is 1.33. The Morgan fingerprint density at radius 3 is 2.08 bits per heavy atom. The summed E-state index contributed by atoms with van der Waals surface area (Å²) in [6.45, 7) is 9.21. The molecule has 1 saturated heterocycles. The fraction of sp³-hybridized carbons (Fsp3) is 0.889. The lowest BCUT2D eigenvalue weighted by Gasteiger charge is -2.17. The summed E-state index contributed by atoms with van der Waals surface area (Å²) >= 11 is 0. The van der Waals surface area contributed by atoms with Crippen LogP contribution in [0.25, 0.3) is 0 Å². The molecule has 1 heterocycles. The first-order valence-electron chi connectivity index (χ1n) is 4.17. The van der Waals surface area contributed by atoms with Crippen molar-refractivity contribution >= 4 is 5.97 Å². The highest BCUT2D eigenvalue weighted by atomic mass is 16.7. The van der Waals surface area contributed by atoms with Crippen LogP contribution < -0.4 is 0 Å². The van der Waals surface area contributed by atoms with Crippen molar-refractivity contribution in [3.05, 3.63) is 0 Å². The van der Waals surface area contributed by atoms with Gasteiger partial charge in [0.25, 0.3) is 0 Å². The number of hydrogen-bond donors (Lipinski definition) is 0. The molecule has 1 aliphatic heterocycles. The van der Waals surface area contributed by atoms with Crippen LogP contribution in [0.4, 0.5) is 0 Å². The van der Waals surface area contributed by atoms with Crippen molar-refractivity contribution in [2.75, 3.05) is 0 Å². The predicted octanol–water partition coefficient (Wildman–Crippen LogP) is 1.51. The summed E-state index contributed by atoms with van der Waals surface area (Å²) in [5.74, 6) is -0.255. The lowest BCUT2D eigenvalue weighted by Crippen LogP contribution is -2.33. The Bertz CT molecular complexity index is 210. The molecule has 0 aromatic heterocycles. The molecule has 0 saturated carbocycles. The fourth-order valence-corrected chi connectivity index (χ4v) is 1.44. The zero-order chi connectivity index (χ0) is 9.57. The number of esters is 1. The van der Waals surface area contributed by atoms with E-state index in [1.54, 1.807) is 0 Å². The van der Waals surface area contributed by atoms with Crippen molar-refractivity contribution in [1.82, 2.24) is 0 Å². The van der Waals surface area contributed by atoms with Gasteiger partial charge in [0.05, 0.1) is 5.60 Å². The van der Waals surface area contributed by atoms with E-state index in [1.165, 1.54) is 6.92 Å². The van der Waals surface area contributed by atoms with Crippen molar-refractivity contribution in [2.24, 2.45) is 0 Å². The molecule has 1 aliphatic rings. The fourth-order valence-electron chi connectivity index (χ4n) is 1.44. The normalized spacial score (nSPS) is 34.1. The van der Waals surface area contributed by atoms with Crippen LogP contribution in [0.1, 0.15) is 34.6 Å². The van der Waals surface area contributed by atoms with Crippen LogP contribution in [0.3, 0.4) is 0 Å². The second-order valence-electron chi connectivity index (χ2n) is 3.97. The van der Waals surface area contributed by atoms with Gasteiger partial charge in [-0.25, -0.2) is 0 Å². The van der Waals surface area contributed by atoms with E-state index >= 15 is 0 Å². The first-order valence-corrected chi connectivity index (χ1v) is 4.17. The standard InChI is InChI=1S/C9H16O3/c1-6(11-7(2)10)9(5)8(3,4)12-9/h6H,1-5H3/t6-,9-/m1/s1. The van der Waals surface area contributed by atoms with Crippen LogP contribution in [0.2, 0.25) is 0 Å². The van der Waals surface area contributed by atoms with Gasteiger partial charge in [0.1, 0.15) is 11.7 Å². The molecule has 1 rings (SSSR count). The van der Waals surface area contributed by atoms with Crippen molar-refractivity contribution in [2.45, 2.75) is 51.9 Å². The lowest BCUT2D eigenvalue weighted by molar-refractivity contribution is -0.148. The Labute approximate surface area is 73.0 Å². The first-order chi connectivity index (χ1) is 5.29. The van der Waals surface area contributed by atoms with Crippen LogP contribution >= 0.6 is 0 Å². The third-order valence-electron chi connectivity index (χ3n) is 2.74. The second kappa shape index (κ2) is 2.46. The number of rotatable bonds is 2. The minimum absolute atomic E-state index is 0.165. The van der Waals surface area contributed by atoms with E-state index in [-0.39, 0.29) is 23.3 Å². The molecule has 0 radical (unpaired) electrons. The smallest absolute Gasteiger partial charge is 0.302 e. The first kappa shape index (κ1) is 9.52. The Hall–Kier alpha value is -0.570. The summed E-state index contributed by atoms with van der Waals surface area (Å²) in [6, 6.07) is 0. The maximum absolute atomic E-state index is 10.7. The van der Waals surface area contributed by atoms with E-state index in [9.17, 15) is 4.79 Å². The quantitative estimate of drug-likeness (QED) is 0.468. The number of carbonyl (C=O) groups is 1. The minimum atomic E-state index is -0.307. The number of ether oxygens (including phenoxy) is 2. The van der Waals surface area contributed by atoms with Crippen LogP contribution in [0.15, 0.2) is 0 Å². The Morgan fingerprint density at radius 2 is 1.83 bits per heavy atom. The van der Waals surface area contributed by atoms with Gasteiger partial charge in [0.15, 0.2) is 0 Å². The number of carbonyl (C=O) groups excluding carboxylic acids is 1. The highest BCUT2D eigenvalue weighted by Crippen LogP contribution is 2.50. The van der Waals surface area contributed by atoms with Gasteiger partial charge >= 0.3 is 5.97 Å². The molecule has 0 amide bonds. The zero-order valence-electron chi connectivity index (χ0n) is 8.30. The van der Waals surface area contributed by atoms with E-state index in [1.807, 2.05) is 27.7 Å². The van der Waals surface area contributed by atoms with Gasteiger partial charge in [-0.2, -0.15) is 0 Å². The molecule has 0 aromatic carbocycles. The number of hydrogen-bond acceptors (Lipinski definition) is 3. The van der Waals surface area contributed by atoms with Gasteiger partial charge < -0.3 is 9.47 Å². The summed E-state index contributed by atoms with van der Waals surface area (Å²) in [5, 5.41) is 0. The van der Waals surface area contributed by atoms with Gasteiger partial charge in [-0.15, -0.1) is 0 Å². The largest absolute Gasteiger partial charge is 0.460 e. The molecule has 0 N–H and O–H groups in total. The summed E-state index contributed by atoms with van der Waals surface area (Å²) in [4.78, 5) is 10.7. The van der Waals surface area contributed by atoms with E-state index in [4.69, 9.17) is 9.47 Å². The lowest BCUT2D eigenvalue weighted by atomic mass is 9.93. The van der Waals surface area contributed by atoms with Gasteiger partial charge in [0.2, 0.25) is 0 Å². The molecule has 3 heteroatoms. The Balaban J connectivity index is 2.55. The summed E-state index contributed by atoms with van der Waals surface area (Å²) in [5.41, 5.74) is -0.472. The van der Waals surface area contributed by atoms with Crippen molar-refractivity contribution in [1.29, 1.82) is 0 Å². The predicted molar refractivity (Wildman–Crippen MR) is 44.8 cm³/mol. The molecular formula is C9H16O3. The monoisotopic (exact) mass is 172 g/mol. The van der Waals surface area contributed by atoms with Crippen LogP contribution in [-0.4, -0.2) is 23.3 Å². The average Bonchev–Trinajstić information content (AvgIpc) is 2.32. The SMILES string of the molecule is CC(=O)O[C@H](C)[C@@]1(C)OC1(C)C. The minimum Gasteiger partial charge on any atom is -0.460 e.